The molecule has 0 aromatic rings. The van der Waals surface area contributed by atoms with Gasteiger partial charge in [-0.15, -0.1) is 0 Å². The maximum absolute atomic E-state index is 11.7. The minimum Gasteiger partial charge on any atom is -0.459 e. The normalized spacial score (nSPS) is 36.2. The van der Waals surface area contributed by atoms with Crippen molar-refractivity contribution in [1.82, 2.24) is 0 Å². The van der Waals surface area contributed by atoms with Crippen LogP contribution in [0.25, 0.3) is 0 Å². The number of cyclic esters (lactones) is 3. The fourth-order valence-corrected chi connectivity index (χ4v) is 1.80. The molecule has 1 heterocycles. The van der Waals surface area contributed by atoms with Crippen molar-refractivity contribution in [3.05, 3.63) is 24.3 Å². The van der Waals surface area contributed by atoms with Gasteiger partial charge in [0.15, 0.2) is 0 Å². The highest BCUT2D eigenvalue weighted by atomic mass is 16.6. The molecule has 0 saturated heterocycles. The van der Waals surface area contributed by atoms with E-state index < -0.39 is 48.4 Å². The van der Waals surface area contributed by atoms with Crippen LogP contribution in [0.3, 0.4) is 0 Å². The number of hydrogen-bond donors (Lipinski definition) is 2. The molecule has 0 fully saturated rings. The zero-order valence-electron chi connectivity index (χ0n) is 13.7. The van der Waals surface area contributed by atoms with Crippen LogP contribution in [-0.2, 0) is 28.6 Å². The average molecular weight is 342 g/mol. The van der Waals surface area contributed by atoms with Crippen LogP contribution in [0.1, 0.15) is 27.2 Å². The number of esters is 3. The molecule has 0 spiro atoms. The Bertz CT molecular complexity index is 524. The Kier molecular flexibility index (Phi) is 7.60. The number of hydrogen-bond acceptors (Lipinski definition) is 8. The topological polar surface area (TPSA) is 119 Å². The fraction of sp³-hybridized carbons (Fsp3) is 0.562. The lowest BCUT2D eigenvalue weighted by atomic mass is 10.2. The Balaban J connectivity index is 2.91. The molecular weight excluding hydrogens is 320 g/mol. The smallest absolute Gasteiger partial charge is 0.330 e. The summed E-state index contributed by atoms with van der Waals surface area (Å²) in [5.74, 6) is -2.22. The lowest BCUT2D eigenvalue weighted by Crippen LogP contribution is -2.30. The van der Waals surface area contributed by atoms with Crippen molar-refractivity contribution < 1.29 is 38.8 Å². The maximum atomic E-state index is 11.7. The summed E-state index contributed by atoms with van der Waals surface area (Å²) in [5, 5.41) is 19.6. The molecule has 0 aromatic heterocycles. The summed E-state index contributed by atoms with van der Waals surface area (Å²) in [7, 11) is 0. The molecule has 1 rings (SSSR count). The molecule has 0 aromatic carbocycles. The van der Waals surface area contributed by atoms with Crippen molar-refractivity contribution in [1.29, 1.82) is 0 Å². The quantitative estimate of drug-likeness (QED) is 0.467. The van der Waals surface area contributed by atoms with E-state index >= 15 is 0 Å². The van der Waals surface area contributed by atoms with Crippen molar-refractivity contribution >= 4 is 17.9 Å². The molecule has 0 bridgehead atoms. The first-order valence-corrected chi connectivity index (χ1v) is 7.52. The van der Waals surface area contributed by atoms with E-state index in [-0.39, 0.29) is 6.42 Å². The Morgan fingerprint density at radius 3 is 1.83 bits per heavy atom. The van der Waals surface area contributed by atoms with Gasteiger partial charge in [-0.2, -0.15) is 0 Å². The third-order valence-electron chi connectivity index (χ3n) is 3.21. The predicted octanol–water partition coefficient (Wildman–Crippen LogP) is 0.0194. The average Bonchev–Trinajstić information content (AvgIpc) is 2.48. The number of aliphatic hydroxyl groups excluding tert-OH is 2. The van der Waals surface area contributed by atoms with Crippen molar-refractivity contribution in [2.24, 2.45) is 0 Å². The Labute approximate surface area is 139 Å². The molecule has 0 unspecified atom stereocenters. The summed E-state index contributed by atoms with van der Waals surface area (Å²) < 4.78 is 14.9. The third kappa shape index (κ3) is 6.93. The Morgan fingerprint density at radius 1 is 0.833 bits per heavy atom. The van der Waals surface area contributed by atoms with Crippen LogP contribution >= 0.6 is 0 Å². The minimum absolute atomic E-state index is 0.193. The predicted molar refractivity (Wildman–Crippen MR) is 81.6 cm³/mol. The van der Waals surface area contributed by atoms with Crippen molar-refractivity contribution in [2.45, 2.75) is 57.7 Å². The Morgan fingerprint density at radius 2 is 1.29 bits per heavy atom. The zero-order chi connectivity index (χ0) is 18.3. The van der Waals surface area contributed by atoms with Crippen LogP contribution in [0.4, 0.5) is 0 Å². The molecular formula is C16H22O8. The second kappa shape index (κ2) is 9.19. The van der Waals surface area contributed by atoms with Crippen LogP contribution in [-0.4, -0.2) is 58.6 Å². The summed E-state index contributed by atoms with van der Waals surface area (Å²) in [5.41, 5.74) is 0. The SMILES string of the molecule is C[C@@H]1OC(=O)/C=C\[C@@H](O)[C@H](C)OC(=O)C[C@H](C)OC(=O)/C=C\[C@H]1O. The molecule has 5 atom stereocenters. The van der Waals surface area contributed by atoms with Crippen molar-refractivity contribution in [3.63, 3.8) is 0 Å². The van der Waals surface area contributed by atoms with Gasteiger partial charge in [-0.1, -0.05) is 0 Å². The first kappa shape index (κ1) is 19.9. The van der Waals surface area contributed by atoms with Crippen molar-refractivity contribution in [2.75, 3.05) is 0 Å². The molecule has 0 amide bonds. The molecule has 0 aliphatic carbocycles. The number of carbonyl (C=O) groups excluding carboxylic acids is 3. The summed E-state index contributed by atoms with van der Waals surface area (Å²) in [4.78, 5) is 34.9. The molecule has 2 N–H and O–H groups in total. The molecule has 1 aliphatic rings. The number of carbonyl (C=O) groups is 3. The lowest BCUT2D eigenvalue weighted by Gasteiger charge is -2.19. The van der Waals surface area contributed by atoms with Crippen LogP contribution < -0.4 is 0 Å². The summed E-state index contributed by atoms with van der Waals surface area (Å²) in [6.07, 6.45) is -0.961. The highest BCUT2D eigenvalue weighted by Crippen LogP contribution is 2.08. The van der Waals surface area contributed by atoms with E-state index in [9.17, 15) is 24.6 Å². The highest BCUT2D eigenvalue weighted by Gasteiger charge is 2.21. The molecule has 134 valence electrons. The molecule has 8 nitrogen and oxygen atoms in total. The summed E-state index contributed by atoms with van der Waals surface area (Å²) >= 11 is 0. The first-order valence-electron chi connectivity index (χ1n) is 7.52. The van der Waals surface area contributed by atoms with Gasteiger partial charge in [0.2, 0.25) is 0 Å². The van der Waals surface area contributed by atoms with Gasteiger partial charge in [-0.3, -0.25) is 4.79 Å². The van der Waals surface area contributed by atoms with Gasteiger partial charge in [0.1, 0.15) is 30.5 Å². The number of ether oxygens (including phenoxy) is 3. The van der Waals surface area contributed by atoms with Gasteiger partial charge in [-0.05, 0) is 32.9 Å². The van der Waals surface area contributed by atoms with E-state index in [1.165, 1.54) is 20.8 Å². The van der Waals surface area contributed by atoms with E-state index in [1.54, 1.807) is 0 Å². The van der Waals surface area contributed by atoms with Crippen molar-refractivity contribution in [3.8, 4) is 0 Å². The van der Waals surface area contributed by atoms with Gasteiger partial charge in [0.05, 0.1) is 6.42 Å². The highest BCUT2D eigenvalue weighted by molar-refractivity contribution is 5.83. The van der Waals surface area contributed by atoms with Gasteiger partial charge in [0, 0.05) is 12.2 Å². The monoisotopic (exact) mass is 342 g/mol. The van der Waals surface area contributed by atoms with E-state index in [1.807, 2.05) is 0 Å². The molecule has 0 saturated carbocycles. The molecule has 24 heavy (non-hydrogen) atoms. The standard InChI is InChI=1S/C16H22O8/c1-9-8-16(21)24-11(3)13(18)5-7-15(20)23-10(2)12(17)4-6-14(19)22-9/h4-7,9-13,17-18H,8H2,1-3H3/b6-4-,7-5-/t9-,10-,11-,12+,13+/m0/s1. The van der Waals surface area contributed by atoms with E-state index in [2.05, 4.69) is 0 Å². The van der Waals surface area contributed by atoms with Crippen LogP contribution in [0.5, 0.6) is 0 Å². The fourth-order valence-electron chi connectivity index (χ4n) is 1.80. The third-order valence-corrected chi connectivity index (χ3v) is 3.21. The summed E-state index contributed by atoms with van der Waals surface area (Å²) in [6, 6.07) is 0. The van der Waals surface area contributed by atoms with Crippen LogP contribution in [0, 0.1) is 0 Å². The Hall–Kier alpha value is -2.19. The van der Waals surface area contributed by atoms with Gasteiger partial charge >= 0.3 is 17.9 Å². The second-order valence-electron chi connectivity index (χ2n) is 5.49. The largest absolute Gasteiger partial charge is 0.459 e. The first-order chi connectivity index (χ1) is 11.2. The lowest BCUT2D eigenvalue weighted by molar-refractivity contribution is -0.157. The zero-order valence-corrected chi connectivity index (χ0v) is 13.7. The number of rotatable bonds is 0. The molecule has 8 heteroatoms. The minimum atomic E-state index is -1.22. The molecule has 0 radical (unpaired) electrons. The second-order valence-corrected chi connectivity index (χ2v) is 5.49. The number of aliphatic hydroxyl groups is 2. The molecule has 1 aliphatic heterocycles. The van der Waals surface area contributed by atoms with Gasteiger partial charge in [0.25, 0.3) is 0 Å². The van der Waals surface area contributed by atoms with Gasteiger partial charge < -0.3 is 24.4 Å². The van der Waals surface area contributed by atoms with E-state index in [4.69, 9.17) is 14.2 Å². The van der Waals surface area contributed by atoms with Gasteiger partial charge in [-0.25, -0.2) is 9.59 Å². The van der Waals surface area contributed by atoms with Crippen LogP contribution in [0.2, 0.25) is 0 Å². The maximum Gasteiger partial charge on any atom is 0.330 e. The summed E-state index contributed by atoms with van der Waals surface area (Å²) in [6.45, 7) is 4.41. The van der Waals surface area contributed by atoms with E-state index in [0.29, 0.717) is 0 Å². The van der Waals surface area contributed by atoms with E-state index in [0.717, 1.165) is 24.3 Å². The van der Waals surface area contributed by atoms with Crippen LogP contribution in [0.15, 0.2) is 24.3 Å².